The highest BCUT2D eigenvalue weighted by Gasteiger charge is 2.19. The molecule has 6 nitrogen and oxygen atoms in total. The van der Waals surface area contributed by atoms with E-state index in [1.807, 2.05) is 0 Å². The molecule has 0 fully saturated rings. The van der Waals surface area contributed by atoms with Crippen molar-refractivity contribution in [1.29, 1.82) is 0 Å². The van der Waals surface area contributed by atoms with Gasteiger partial charge in [-0.2, -0.15) is 0 Å². The summed E-state index contributed by atoms with van der Waals surface area (Å²) in [5, 5.41) is 0. The van der Waals surface area contributed by atoms with Gasteiger partial charge < -0.3 is 14.2 Å². The largest absolute Gasteiger partial charge is 0.462 e. The summed E-state index contributed by atoms with van der Waals surface area (Å²) in [6.45, 7) is 6.61. The Hall–Kier alpha value is -2.11. The van der Waals surface area contributed by atoms with Crippen LogP contribution in [0.3, 0.4) is 0 Å². The highest BCUT2D eigenvalue weighted by molar-refractivity contribution is 5.71. The Morgan fingerprint density at radius 2 is 0.571 bits per heavy atom. The van der Waals surface area contributed by atoms with E-state index in [0.717, 1.165) is 70.6 Å². The summed E-state index contributed by atoms with van der Waals surface area (Å²) in [5.74, 6) is -0.884. The monoisotopic (exact) mass is 887 g/mol. The Morgan fingerprint density at radius 1 is 0.317 bits per heavy atom. The zero-order chi connectivity index (χ0) is 45.8. The minimum Gasteiger partial charge on any atom is -0.462 e. The van der Waals surface area contributed by atoms with Crippen molar-refractivity contribution < 1.29 is 28.6 Å². The second-order valence-corrected chi connectivity index (χ2v) is 18.9. The van der Waals surface area contributed by atoms with E-state index in [0.29, 0.717) is 19.3 Å². The van der Waals surface area contributed by atoms with Crippen molar-refractivity contribution in [3.8, 4) is 0 Å². The Balaban J connectivity index is 4.30. The Bertz CT molecular complexity index is 1020. The van der Waals surface area contributed by atoms with Gasteiger partial charge in [-0.05, 0) is 38.5 Å². The second kappa shape index (κ2) is 52.5. The lowest BCUT2D eigenvalue weighted by Gasteiger charge is -2.18. The molecule has 6 heteroatoms. The van der Waals surface area contributed by atoms with Crippen molar-refractivity contribution in [2.24, 2.45) is 0 Å². The summed E-state index contributed by atoms with van der Waals surface area (Å²) in [6, 6.07) is 0. The predicted molar refractivity (Wildman–Crippen MR) is 270 cm³/mol. The Kier molecular flexibility index (Phi) is 50.8. The summed E-state index contributed by atoms with van der Waals surface area (Å²) in [6.07, 6.45) is 60.3. The van der Waals surface area contributed by atoms with Gasteiger partial charge in [-0.25, -0.2) is 0 Å². The van der Waals surface area contributed by atoms with Crippen molar-refractivity contribution in [2.45, 2.75) is 309 Å². The van der Waals surface area contributed by atoms with Crippen molar-refractivity contribution >= 4 is 17.9 Å². The molecular weight excluding hydrogens is 781 g/mol. The topological polar surface area (TPSA) is 78.9 Å². The third-order valence-corrected chi connectivity index (χ3v) is 12.5. The molecular formula is C57H106O6. The smallest absolute Gasteiger partial charge is 0.306 e. The standard InChI is InChI=1S/C57H106O6/c1-4-7-10-13-16-19-22-24-26-28-30-32-35-38-41-44-47-50-56(59)62-53-54(52-61-55(58)49-46-43-40-37-34-21-18-15-12-9-6-3)63-57(60)51-48-45-42-39-36-33-31-29-27-25-23-20-17-14-11-8-5-2/h15,18,21,34,54H,4-14,16-17,19-20,22-33,35-53H2,1-3H3/b18-15-,34-21-. The van der Waals surface area contributed by atoms with Crippen LogP contribution < -0.4 is 0 Å². The molecule has 0 aromatic heterocycles. The summed E-state index contributed by atoms with van der Waals surface area (Å²) in [7, 11) is 0. The van der Waals surface area contributed by atoms with Crippen LogP contribution in [-0.2, 0) is 28.6 Å². The van der Waals surface area contributed by atoms with Crippen molar-refractivity contribution in [2.75, 3.05) is 13.2 Å². The Morgan fingerprint density at radius 3 is 0.889 bits per heavy atom. The van der Waals surface area contributed by atoms with Gasteiger partial charge in [0.2, 0.25) is 0 Å². The highest BCUT2D eigenvalue weighted by Crippen LogP contribution is 2.17. The molecule has 0 aliphatic carbocycles. The van der Waals surface area contributed by atoms with Gasteiger partial charge in [0.1, 0.15) is 13.2 Å². The van der Waals surface area contributed by atoms with Crippen LogP contribution in [0.25, 0.3) is 0 Å². The third kappa shape index (κ3) is 50.7. The van der Waals surface area contributed by atoms with Crippen LogP contribution in [0.1, 0.15) is 303 Å². The summed E-state index contributed by atoms with van der Waals surface area (Å²) >= 11 is 0. The average molecular weight is 887 g/mol. The molecule has 0 saturated heterocycles. The van der Waals surface area contributed by atoms with E-state index in [9.17, 15) is 14.4 Å². The lowest BCUT2D eigenvalue weighted by atomic mass is 10.0. The third-order valence-electron chi connectivity index (χ3n) is 12.5. The van der Waals surface area contributed by atoms with Crippen LogP contribution in [0.5, 0.6) is 0 Å². The van der Waals surface area contributed by atoms with Crippen LogP contribution in [-0.4, -0.2) is 37.2 Å². The molecule has 0 saturated carbocycles. The van der Waals surface area contributed by atoms with Crippen LogP contribution >= 0.6 is 0 Å². The quantitative estimate of drug-likeness (QED) is 0.0262. The van der Waals surface area contributed by atoms with Crippen LogP contribution in [0.15, 0.2) is 24.3 Å². The zero-order valence-corrected chi connectivity index (χ0v) is 42.4. The molecule has 0 amide bonds. The van der Waals surface area contributed by atoms with Gasteiger partial charge in [-0.1, -0.05) is 270 Å². The number of rotatable bonds is 51. The van der Waals surface area contributed by atoms with E-state index in [2.05, 4.69) is 45.1 Å². The number of hydrogen-bond acceptors (Lipinski definition) is 6. The maximum absolute atomic E-state index is 12.8. The average Bonchev–Trinajstić information content (AvgIpc) is 3.28. The first kappa shape index (κ1) is 60.9. The molecule has 0 heterocycles. The fourth-order valence-electron chi connectivity index (χ4n) is 8.25. The zero-order valence-electron chi connectivity index (χ0n) is 42.4. The summed E-state index contributed by atoms with van der Waals surface area (Å²) in [4.78, 5) is 38.0. The molecule has 0 N–H and O–H groups in total. The fraction of sp³-hybridized carbons (Fsp3) is 0.877. The number of esters is 3. The van der Waals surface area contributed by atoms with E-state index in [1.54, 1.807) is 0 Å². The van der Waals surface area contributed by atoms with Gasteiger partial charge in [-0.3, -0.25) is 14.4 Å². The number of unbranched alkanes of at least 4 members (excludes halogenated alkanes) is 37. The molecule has 0 aliphatic rings. The maximum Gasteiger partial charge on any atom is 0.306 e. The van der Waals surface area contributed by atoms with Gasteiger partial charge in [0.05, 0.1) is 0 Å². The summed E-state index contributed by atoms with van der Waals surface area (Å²) < 4.78 is 16.8. The predicted octanol–water partition coefficient (Wildman–Crippen LogP) is 18.3. The number of carbonyl (C=O) groups excluding carboxylic acids is 3. The first-order valence-electron chi connectivity index (χ1n) is 27.9. The second-order valence-electron chi connectivity index (χ2n) is 18.9. The molecule has 0 aromatic carbocycles. The number of carbonyl (C=O) groups is 3. The first-order valence-corrected chi connectivity index (χ1v) is 27.9. The molecule has 1 atom stereocenters. The van der Waals surface area contributed by atoms with Crippen molar-refractivity contribution in [3.63, 3.8) is 0 Å². The first-order chi connectivity index (χ1) is 31.0. The van der Waals surface area contributed by atoms with Gasteiger partial charge in [-0.15, -0.1) is 0 Å². The maximum atomic E-state index is 12.8. The highest BCUT2D eigenvalue weighted by atomic mass is 16.6. The normalized spacial score (nSPS) is 12.1. The van der Waals surface area contributed by atoms with E-state index < -0.39 is 6.10 Å². The van der Waals surface area contributed by atoms with Gasteiger partial charge in [0.15, 0.2) is 6.10 Å². The van der Waals surface area contributed by atoms with E-state index in [4.69, 9.17) is 14.2 Å². The van der Waals surface area contributed by atoms with E-state index >= 15 is 0 Å². The lowest BCUT2D eigenvalue weighted by Crippen LogP contribution is -2.30. The molecule has 1 unspecified atom stereocenters. The van der Waals surface area contributed by atoms with E-state index in [1.165, 1.54) is 193 Å². The number of hydrogen-bond donors (Lipinski definition) is 0. The van der Waals surface area contributed by atoms with E-state index in [-0.39, 0.29) is 31.1 Å². The molecule has 0 aromatic rings. The van der Waals surface area contributed by atoms with Gasteiger partial charge >= 0.3 is 17.9 Å². The molecule has 0 rings (SSSR count). The molecule has 0 radical (unpaired) electrons. The van der Waals surface area contributed by atoms with Gasteiger partial charge in [0, 0.05) is 19.3 Å². The minimum absolute atomic E-state index is 0.0743. The molecule has 0 bridgehead atoms. The van der Waals surface area contributed by atoms with Crippen molar-refractivity contribution in [3.05, 3.63) is 24.3 Å². The molecule has 0 aliphatic heterocycles. The van der Waals surface area contributed by atoms with Gasteiger partial charge in [0.25, 0.3) is 0 Å². The Labute approximate surface area is 392 Å². The summed E-state index contributed by atoms with van der Waals surface area (Å²) in [5.41, 5.74) is 0. The molecule has 63 heavy (non-hydrogen) atoms. The fourth-order valence-corrected chi connectivity index (χ4v) is 8.25. The SMILES string of the molecule is CCCC/C=C\C=C/CCCCCC(=O)OCC(COC(=O)CCCCCCCCCCCCCCCCCCC)OC(=O)CCCCCCCCCCCCCCCCCCC. The number of allylic oxidation sites excluding steroid dienone is 4. The minimum atomic E-state index is -0.776. The van der Waals surface area contributed by atoms with Crippen LogP contribution in [0.2, 0.25) is 0 Å². The van der Waals surface area contributed by atoms with Crippen LogP contribution in [0.4, 0.5) is 0 Å². The lowest BCUT2D eigenvalue weighted by molar-refractivity contribution is -0.167. The van der Waals surface area contributed by atoms with Crippen molar-refractivity contribution in [1.82, 2.24) is 0 Å². The molecule has 0 spiro atoms. The number of ether oxygens (including phenoxy) is 3. The molecule has 370 valence electrons. The van der Waals surface area contributed by atoms with Crippen LogP contribution in [0, 0.1) is 0 Å².